The standard InChI is InChI=1S/C22H24F3N3O5/c1-11-3-2-4-17(11)27-6-5-18(13(10-27)22(30)31)28(32)21(29)16-9-19(33-26-16)20-14(24)7-12(23)8-15(20)25/h7-9,11,13,17-18,32H,2-6,10H2,1H3,(H,30,31)/t11-,13-,17+,18-/m1/s1. The number of benzene rings is 1. The summed E-state index contributed by atoms with van der Waals surface area (Å²) < 4.78 is 46.0. The van der Waals surface area contributed by atoms with Crippen LogP contribution in [0.1, 0.15) is 43.1 Å². The molecule has 0 unspecified atom stereocenters. The molecule has 2 fully saturated rings. The minimum atomic E-state index is -1.25. The van der Waals surface area contributed by atoms with Crippen LogP contribution in [0.5, 0.6) is 0 Å². The molecular formula is C22H24F3N3O5. The van der Waals surface area contributed by atoms with Gasteiger partial charge < -0.3 is 9.63 Å². The maximum absolute atomic E-state index is 14.0. The van der Waals surface area contributed by atoms with Crippen molar-refractivity contribution in [1.29, 1.82) is 0 Å². The van der Waals surface area contributed by atoms with Gasteiger partial charge in [-0.1, -0.05) is 18.5 Å². The Kier molecular flexibility index (Phi) is 6.44. The first-order chi connectivity index (χ1) is 15.7. The van der Waals surface area contributed by atoms with E-state index in [9.17, 15) is 33.1 Å². The molecule has 1 amide bonds. The maximum Gasteiger partial charge on any atom is 0.310 e. The van der Waals surface area contributed by atoms with Crippen LogP contribution < -0.4 is 0 Å². The van der Waals surface area contributed by atoms with Crippen molar-refractivity contribution < 1.29 is 37.6 Å². The van der Waals surface area contributed by atoms with E-state index in [0.29, 0.717) is 29.7 Å². The van der Waals surface area contributed by atoms with E-state index < -0.39 is 58.3 Å². The molecule has 8 nitrogen and oxygen atoms in total. The topological polar surface area (TPSA) is 107 Å². The largest absolute Gasteiger partial charge is 0.481 e. The van der Waals surface area contributed by atoms with Crippen LogP contribution in [0.2, 0.25) is 0 Å². The molecule has 1 aromatic heterocycles. The minimum Gasteiger partial charge on any atom is -0.481 e. The van der Waals surface area contributed by atoms with Gasteiger partial charge in [0, 0.05) is 37.3 Å². The van der Waals surface area contributed by atoms with E-state index in [0.717, 1.165) is 25.3 Å². The number of hydrogen-bond acceptors (Lipinski definition) is 6. The SMILES string of the molecule is C[C@@H]1CCC[C@@H]1N1CC[C@@H](N(O)C(=O)c2cc(-c3c(F)cc(F)cc3F)on2)[C@H](C(=O)O)C1. The van der Waals surface area contributed by atoms with Gasteiger partial charge in [0.2, 0.25) is 0 Å². The Bertz CT molecular complexity index is 1040. The molecule has 0 spiro atoms. The highest BCUT2D eigenvalue weighted by Gasteiger charge is 2.43. The normalized spacial score (nSPS) is 25.8. The summed E-state index contributed by atoms with van der Waals surface area (Å²) in [5.41, 5.74) is -1.18. The van der Waals surface area contributed by atoms with Crippen molar-refractivity contribution in [2.24, 2.45) is 11.8 Å². The van der Waals surface area contributed by atoms with E-state index in [2.05, 4.69) is 17.0 Å². The van der Waals surface area contributed by atoms with Crippen LogP contribution in [0.15, 0.2) is 22.7 Å². The molecule has 1 aromatic carbocycles. The van der Waals surface area contributed by atoms with E-state index in [1.165, 1.54) is 0 Å². The van der Waals surface area contributed by atoms with Gasteiger partial charge in [0.05, 0.1) is 17.5 Å². The molecule has 1 aliphatic carbocycles. The minimum absolute atomic E-state index is 0.190. The van der Waals surface area contributed by atoms with Gasteiger partial charge in [-0.05, 0) is 25.2 Å². The number of carbonyl (C=O) groups excluding carboxylic acids is 1. The summed E-state index contributed by atoms with van der Waals surface area (Å²) in [6, 6.07) is 1.08. The molecule has 1 saturated heterocycles. The summed E-state index contributed by atoms with van der Waals surface area (Å²) in [6.45, 7) is 2.84. The lowest BCUT2D eigenvalue weighted by Gasteiger charge is -2.42. The van der Waals surface area contributed by atoms with Crippen LogP contribution in [0.4, 0.5) is 13.2 Å². The van der Waals surface area contributed by atoms with E-state index in [1.807, 2.05) is 0 Å². The number of aromatic nitrogens is 1. The number of aliphatic carboxylic acids is 1. The van der Waals surface area contributed by atoms with E-state index in [-0.39, 0.29) is 19.0 Å². The molecule has 4 atom stereocenters. The Morgan fingerprint density at radius 2 is 1.85 bits per heavy atom. The van der Waals surface area contributed by atoms with Crippen LogP contribution in [0.25, 0.3) is 11.3 Å². The number of carbonyl (C=O) groups is 2. The second-order valence-electron chi connectivity index (χ2n) is 8.74. The highest BCUT2D eigenvalue weighted by molar-refractivity contribution is 5.93. The third-order valence-electron chi connectivity index (χ3n) is 6.71. The number of halogens is 3. The van der Waals surface area contributed by atoms with Gasteiger partial charge in [0.1, 0.15) is 17.5 Å². The lowest BCUT2D eigenvalue weighted by Crippen LogP contribution is -2.56. The van der Waals surface area contributed by atoms with Crippen LogP contribution in [0, 0.1) is 29.3 Å². The summed E-state index contributed by atoms with van der Waals surface area (Å²) in [5.74, 6) is -6.87. The number of carboxylic acids is 1. The van der Waals surface area contributed by atoms with E-state index >= 15 is 0 Å². The van der Waals surface area contributed by atoms with Gasteiger partial charge in [-0.15, -0.1) is 0 Å². The van der Waals surface area contributed by atoms with Crippen molar-refractivity contribution in [3.8, 4) is 11.3 Å². The monoisotopic (exact) mass is 467 g/mol. The predicted octanol–water partition coefficient (Wildman–Crippen LogP) is 3.55. The fraction of sp³-hybridized carbons (Fsp3) is 0.500. The van der Waals surface area contributed by atoms with Crippen LogP contribution in [0.3, 0.4) is 0 Å². The smallest absolute Gasteiger partial charge is 0.310 e. The Morgan fingerprint density at radius 1 is 1.15 bits per heavy atom. The zero-order valence-electron chi connectivity index (χ0n) is 17.9. The molecule has 1 aliphatic heterocycles. The molecule has 2 heterocycles. The highest BCUT2D eigenvalue weighted by atomic mass is 19.1. The molecule has 0 radical (unpaired) electrons. The number of carboxylic acid groups (broad SMARTS) is 1. The number of piperidine rings is 1. The molecule has 178 valence electrons. The van der Waals surface area contributed by atoms with Crippen LogP contribution in [-0.2, 0) is 4.79 Å². The summed E-state index contributed by atoms with van der Waals surface area (Å²) >= 11 is 0. The molecule has 4 rings (SSSR count). The third kappa shape index (κ3) is 4.47. The molecule has 2 aromatic rings. The third-order valence-corrected chi connectivity index (χ3v) is 6.71. The molecule has 1 saturated carbocycles. The number of amides is 1. The second kappa shape index (κ2) is 9.14. The second-order valence-corrected chi connectivity index (χ2v) is 8.74. The van der Waals surface area contributed by atoms with Gasteiger partial charge in [-0.3, -0.25) is 19.7 Å². The van der Waals surface area contributed by atoms with E-state index in [1.54, 1.807) is 0 Å². The summed E-state index contributed by atoms with van der Waals surface area (Å²) in [5, 5.41) is 24.1. The first-order valence-electron chi connectivity index (χ1n) is 10.8. The van der Waals surface area contributed by atoms with Crippen molar-refractivity contribution >= 4 is 11.9 Å². The molecule has 2 N–H and O–H groups in total. The van der Waals surface area contributed by atoms with Gasteiger partial charge in [-0.2, -0.15) is 0 Å². The summed E-state index contributed by atoms with van der Waals surface area (Å²) in [4.78, 5) is 26.8. The Morgan fingerprint density at radius 3 is 2.45 bits per heavy atom. The van der Waals surface area contributed by atoms with Gasteiger partial charge in [0.15, 0.2) is 11.5 Å². The Balaban J connectivity index is 1.52. The average molecular weight is 467 g/mol. The molecule has 33 heavy (non-hydrogen) atoms. The first kappa shape index (κ1) is 23.2. The highest BCUT2D eigenvalue weighted by Crippen LogP contribution is 2.34. The van der Waals surface area contributed by atoms with Crippen LogP contribution >= 0.6 is 0 Å². The number of rotatable bonds is 5. The molecule has 0 bridgehead atoms. The van der Waals surface area contributed by atoms with E-state index in [4.69, 9.17) is 4.52 Å². The Hall–Kier alpha value is -2.92. The number of nitrogens with zero attached hydrogens (tertiary/aromatic N) is 3. The molecular weight excluding hydrogens is 443 g/mol. The van der Waals surface area contributed by atoms with Crippen molar-refractivity contribution in [2.45, 2.75) is 44.7 Å². The predicted molar refractivity (Wildman–Crippen MR) is 108 cm³/mol. The molecule has 2 aliphatic rings. The fourth-order valence-corrected chi connectivity index (χ4v) is 5.01. The van der Waals surface area contributed by atoms with Gasteiger partial charge in [0.25, 0.3) is 5.91 Å². The number of likely N-dealkylation sites (tertiary alicyclic amines) is 1. The lowest BCUT2D eigenvalue weighted by molar-refractivity contribution is -0.160. The zero-order valence-corrected chi connectivity index (χ0v) is 17.9. The van der Waals surface area contributed by atoms with Crippen molar-refractivity contribution in [3.05, 3.63) is 41.3 Å². The van der Waals surface area contributed by atoms with Crippen molar-refractivity contribution in [1.82, 2.24) is 15.1 Å². The zero-order chi connectivity index (χ0) is 23.9. The quantitative estimate of drug-likeness (QED) is 0.512. The average Bonchev–Trinajstić information content (AvgIpc) is 3.41. The van der Waals surface area contributed by atoms with Gasteiger partial charge in [-0.25, -0.2) is 18.2 Å². The van der Waals surface area contributed by atoms with Gasteiger partial charge >= 0.3 is 5.97 Å². The van der Waals surface area contributed by atoms with Crippen LogP contribution in [-0.4, -0.2) is 62.5 Å². The maximum atomic E-state index is 14.0. The fourth-order valence-electron chi connectivity index (χ4n) is 5.01. The lowest BCUT2D eigenvalue weighted by atomic mass is 9.89. The van der Waals surface area contributed by atoms with Crippen molar-refractivity contribution in [3.63, 3.8) is 0 Å². The van der Waals surface area contributed by atoms with Crippen molar-refractivity contribution in [2.75, 3.05) is 13.1 Å². The Labute approximate surface area is 187 Å². The first-order valence-corrected chi connectivity index (χ1v) is 10.8. The summed E-state index contributed by atoms with van der Waals surface area (Å²) in [7, 11) is 0. The summed E-state index contributed by atoms with van der Waals surface area (Å²) in [6.07, 6.45) is 3.38. The molecule has 11 heteroatoms. The number of hydroxylamine groups is 2. The number of hydrogen-bond donors (Lipinski definition) is 2.